The van der Waals surface area contributed by atoms with Crippen LogP contribution in [0.4, 0.5) is 25.0 Å². The summed E-state index contributed by atoms with van der Waals surface area (Å²) in [5, 5.41) is 24.7. The van der Waals surface area contributed by atoms with Crippen LogP contribution in [-0.4, -0.2) is 39.0 Å². The van der Waals surface area contributed by atoms with Crippen molar-refractivity contribution < 1.29 is 38.2 Å². The van der Waals surface area contributed by atoms with Crippen molar-refractivity contribution in [1.82, 2.24) is 10.3 Å². The Morgan fingerprint density at radius 3 is 2.49 bits per heavy atom. The number of amides is 4. The average molecular weight is 539 g/mol. The minimum atomic E-state index is -1.13. The van der Waals surface area contributed by atoms with Crippen molar-refractivity contribution in [3.63, 3.8) is 0 Å². The van der Waals surface area contributed by atoms with Crippen molar-refractivity contribution in [3.8, 4) is 0 Å². The largest absolute Gasteiger partial charge is 0.481 e. The van der Waals surface area contributed by atoms with Gasteiger partial charge in [-0.2, -0.15) is 0 Å². The lowest BCUT2D eigenvalue weighted by Gasteiger charge is -2.10. The van der Waals surface area contributed by atoms with Crippen LogP contribution in [0.2, 0.25) is 0 Å². The maximum Gasteiger partial charge on any atom is 0.326 e. The number of hydrogen-bond acceptors (Lipinski definition) is 5. The second-order valence-corrected chi connectivity index (χ2v) is 8.93. The average Bonchev–Trinajstić information content (AvgIpc) is 3.31. The number of H-pyrrole nitrogens is 1. The number of aromatic amines is 1. The smallest absolute Gasteiger partial charge is 0.326 e. The molecule has 202 valence electrons. The van der Waals surface area contributed by atoms with Gasteiger partial charge in [0, 0.05) is 23.4 Å². The highest BCUT2D eigenvalue weighted by atomic mass is 19.1. The molecule has 0 saturated carbocycles. The summed E-state index contributed by atoms with van der Waals surface area (Å²) in [5.74, 6) is -4.35. The first-order valence-corrected chi connectivity index (χ1v) is 11.8. The van der Waals surface area contributed by atoms with Gasteiger partial charge in [0.1, 0.15) is 11.6 Å². The number of urea groups is 1. The number of carbonyl (C=O) groups is 4. The van der Waals surface area contributed by atoms with E-state index in [9.17, 15) is 28.0 Å². The first-order chi connectivity index (χ1) is 18.5. The van der Waals surface area contributed by atoms with Gasteiger partial charge in [-0.3, -0.25) is 19.7 Å². The Hall–Kier alpha value is -4.84. The summed E-state index contributed by atoms with van der Waals surface area (Å²) < 4.78 is 29.0. The molecule has 6 N–H and O–H groups in total. The zero-order valence-corrected chi connectivity index (χ0v) is 20.9. The van der Waals surface area contributed by atoms with Crippen molar-refractivity contribution in [2.45, 2.75) is 33.3 Å². The van der Waals surface area contributed by atoms with Crippen LogP contribution >= 0.6 is 0 Å². The molecule has 1 aliphatic heterocycles. The van der Waals surface area contributed by atoms with Gasteiger partial charge in [-0.15, -0.1) is 0 Å². The number of anilines is 2. The summed E-state index contributed by atoms with van der Waals surface area (Å²) in [4.78, 5) is 51.3. The van der Waals surface area contributed by atoms with Crippen LogP contribution < -0.4 is 16.0 Å². The number of fused-ring (bicyclic) bond motifs is 1. The zero-order valence-electron chi connectivity index (χ0n) is 20.9. The van der Waals surface area contributed by atoms with Crippen molar-refractivity contribution in [2.24, 2.45) is 0 Å². The first-order valence-electron chi connectivity index (χ1n) is 11.8. The number of aryl methyl sites for hydroxylation is 1. The third kappa shape index (κ3) is 5.70. The minimum absolute atomic E-state index is 0.0516. The number of aliphatic hydroxyl groups is 1. The van der Waals surface area contributed by atoms with Gasteiger partial charge in [-0.1, -0.05) is 6.07 Å². The quantitative estimate of drug-likeness (QED) is 0.250. The highest BCUT2D eigenvalue weighted by Crippen LogP contribution is 2.37. The molecule has 3 aromatic rings. The minimum Gasteiger partial charge on any atom is -0.481 e. The number of aromatic nitrogens is 1. The number of imide groups is 1. The number of aliphatic carboxylic acids is 1. The van der Waals surface area contributed by atoms with Gasteiger partial charge in [0.25, 0.3) is 11.8 Å². The van der Waals surface area contributed by atoms with Gasteiger partial charge in [0.05, 0.1) is 29.1 Å². The van der Waals surface area contributed by atoms with Gasteiger partial charge in [-0.25, -0.2) is 13.6 Å². The van der Waals surface area contributed by atoms with Crippen molar-refractivity contribution >= 4 is 46.8 Å². The number of benzene rings is 2. The highest BCUT2D eigenvalue weighted by molar-refractivity contribution is 6.35. The van der Waals surface area contributed by atoms with E-state index in [0.29, 0.717) is 12.1 Å². The fourth-order valence-corrected chi connectivity index (χ4v) is 4.33. The molecule has 2 aromatic carbocycles. The molecule has 4 amide bonds. The van der Waals surface area contributed by atoms with Crippen molar-refractivity contribution in [1.29, 1.82) is 0 Å². The number of nitrogens with one attached hydrogen (secondary N) is 4. The molecule has 12 heteroatoms. The van der Waals surface area contributed by atoms with E-state index in [4.69, 9.17) is 10.2 Å². The number of halogens is 2. The van der Waals surface area contributed by atoms with Crippen LogP contribution in [0, 0.1) is 25.5 Å². The maximum absolute atomic E-state index is 14.9. The molecule has 39 heavy (non-hydrogen) atoms. The number of carboxylic acid groups (broad SMARTS) is 1. The van der Waals surface area contributed by atoms with Crippen LogP contribution in [0.15, 0.2) is 30.3 Å². The van der Waals surface area contributed by atoms with Crippen LogP contribution in [0.25, 0.3) is 11.6 Å². The van der Waals surface area contributed by atoms with Gasteiger partial charge >= 0.3 is 12.0 Å². The second-order valence-electron chi connectivity index (χ2n) is 8.93. The van der Waals surface area contributed by atoms with Crippen LogP contribution in [0.3, 0.4) is 0 Å². The summed E-state index contributed by atoms with van der Waals surface area (Å²) >= 11 is 0. The van der Waals surface area contributed by atoms with Crippen molar-refractivity contribution in [3.05, 3.63) is 81.2 Å². The topological polar surface area (TPSA) is 161 Å². The van der Waals surface area contributed by atoms with Gasteiger partial charge in [-0.05, 0) is 67.3 Å². The Kier molecular flexibility index (Phi) is 7.58. The molecule has 2 heterocycles. The molecule has 0 radical (unpaired) electrons. The molecule has 0 unspecified atom stereocenters. The highest BCUT2D eigenvalue weighted by Gasteiger charge is 2.27. The predicted octanol–water partition coefficient (Wildman–Crippen LogP) is 3.87. The van der Waals surface area contributed by atoms with Gasteiger partial charge in [0.15, 0.2) is 0 Å². The summed E-state index contributed by atoms with van der Waals surface area (Å²) in [6, 6.07) is 4.49. The predicted molar refractivity (Wildman–Crippen MR) is 138 cm³/mol. The number of aliphatic hydroxyl groups excluding tert-OH is 1. The Bertz CT molecular complexity index is 1560. The maximum atomic E-state index is 14.9. The van der Waals surface area contributed by atoms with E-state index in [1.54, 1.807) is 19.9 Å². The van der Waals surface area contributed by atoms with E-state index >= 15 is 0 Å². The lowest BCUT2D eigenvalue weighted by atomic mass is 10.0. The summed E-state index contributed by atoms with van der Waals surface area (Å²) in [7, 11) is 0. The van der Waals surface area contributed by atoms with E-state index in [2.05, 4.69) is 15.6 Å². The Labute approximate surface area is 220 Å². The Morgan fingerprint density at radius 1 is 1.08 bits per heavy atom. The molecule has 0 atom stereocenters. The van der Waals surface area contributed by atoms with Gasteiger partial charge in [0.2, 0.25) is 0 Å². The van der Waals surface area contributed by atoms with E-state index in [0.717, 1.165) is 35.0 Å². The Morgan fingerprint density at radius 2 is 1.82 bits per heavy atom. The molecule has 4 rings (SSSR count). The summed E-state index contributed by atoms with van der Waals surface area (Å²) in [5.41, 5.74) is 3.00. The molecule has 0 fully saturated rings. The molecule has 1 aliphatic rings. The molecular weight excluding hydrogens is 514 g/mol. The second kappa shape index (κ2) is 10.9. The monoisotopic (exact) mass is 538 g/mol. The van der Waals surface area contributed by atoms with E-state index in [1.165, 1.54) is 12.1 Å². The summed E-state index contributed by atoms with van der Waals surface area (Å²) in [6.45, 7) is 3.16. The third-order valence-corrected chi connectivity index (χ3v) is 6.34. The van der Waals surface area contributed by atoms with Crippen LogP contribution in [0.1, 0.15) is 50.4 Å². The van der Waals surface area contributed by atoms with E-state index in [1.807, 2.05) is 5.32 Å². The standard InChI is InChI=1S/C27H24F2N4O6/c1-12-15(5-6-24(35)36)13(2)30-21(12)9-18-17-8-20(29)23(10-22(17)31-26(18)38)32-27(39)33-25(37)16-4-3-14(11-34)7-19(16)28/h3-4,7-10,30,34H,5-6,11H2,1-2H3,(H,31,38)(H,35,36)(H2,32,33,37,39)/b18-9-. The first kappa shape index (κ1) is 27.2. The fourth-order valence-electron chi connectivity index (χ4n) is 4.33. The van der Waals surface area contributed by atoms with E-state index < -0.39 is 47.6 Å². The number of carbonyl (C=O) groups excluding carboxylic acids is 3. The van der Waals surface area contributed by atoms with Gasteiger partial charge < -0.3 is 25.8 Å². The number of hydrogen-bond donors (Lipinski definition) is 6. The molecule has 0 aliphatic carbocycles. The van der Waals surface area contributed by atoms with E-state index in [-0.39, 0.29) is 34.5 Å². The molecule has 1 aromatic heterocycles. The lowest BCUT2D eigenvalue weighted by Crippen LogP contribution is -2.35. The van der Waals surface area contributed by atoms with Crippen LogP contribution in [0.5, 0.6) is 0 Å². The fraction of sp³-hybridized carbons (Fsp3) is 0.185. The summed E-state index contributed by atoms with van der Waals surface area (Å²) in [6.07, 6.45) is 1.80. The number of rotatable bonds is 7. The molecule has 10 nitrogen and oxygen atoms in total. The molecule has 0 bridgehead atoms. The SMILES string of the molecule is Cc1[nH]c(/C=C2\C(=O)Nc3cc(NC(=O)NC(=O)c4ccc(CO)cc4F)c(F)cc32)c(C)c1CCC(=O)O. The van der Waals surface area contributed by atoms with Crippen LogP contribution in [-0.2, 0) is 22.6 Å². The number of carboxylic acids is 1. The molecule has 0 saturated heterocycles. The normalized spacial score (nSPS) is 13.3. The Balaban J connectivity index is 1.53. The third-order valence-electron chi connectivity index (χ3n) is 6.34. The molecular formula is C27H24F2N4O6. The lowest BCUT2D eigenvalue weighted by molar-refractivity contribution is -0.137. The zero-order chi connectivity index (χ0) is 28.4. The molecule has 0 spiro atoms. The van der Waals surface area contributed by atoms with Crippen molar-refractivity contribution in [2.75, 3.05) is 10.6 Å².